The minimum Gasteiger partial charge on any atom is -0.329 e. The van der Waals surface area contributed by atoms with E-state index in [1.165, 1.54) is 0 Å². The number of hydrogen-bond donors (Lipinski definition) is 2. The van der Waals surface area contributed by atoms with Crippen molar-refractivity contribution in [2.45, 2.75) is 44.7 Å². The van der Waals surface area contributed by atoms with Crippen molar-refractivity contribution in [3.05, 3.63) is 0 Å². The van der Waals surface area contributed by atoms with Crippen LogP contribution in [0.15, 0.2) is 0 Å². The normalized spacial score (nSPS) is 33.7. The molecule has 2 unspecified atom stereocenters. The van der Waals surface area contributed by atoms with Crippen molar-refractivity contribution in [3.8, 4) is 0 Å². The average molecular weight is 192 g/mol. The summed E-state index contributed by atoms with van der Waals surface area (Å²) in [6.45, 7) is 4.06. The van der Waals surface area contributed by atoms with E-state index in [9.17, 15) is 8.78 Å². The largest absolute Gasteiger partial charge is 0.329 e. The second-order valence-electron chi connectivity index (χ2n) is 4.12. The second-order valence-corrected chi connectivity index (χ2v) is 4.12. The molecule has 2 nitrogen and oxygen atoms in total. The number of hydrogen-bond acceptors (Lipinski definition) is 2. The van der Waals surface area contributed by atoms with Crippen LogP contribution < -0.4 is 11.1 Å². The predicted octanol–water partition coefficient (Wildman–Crippen LogP) is 1.36. The van der Waals surface area contributed by atoms with Crippen molar-refractivity contribution in [1.82, 2.24) is 5.32 Å². The van der Waals surface area contributed by atoms with Crippen molar-refractivity contribution >= 4 is 0 Å². The lowest BCUT2D eigenvalue weighted by atomic mass is 9.88. The van der Waals surface area contributed by atoms with Gasteiger partial charge in [0.25, 0.3) is 5.92 Å². The van der Waals surface area contributed by atoms with E-state index in [0.717, 1.165) is 0 Å². The molecule has 0 saturated carbocycles. The molecule has 1 saturated heterocycles. The van der Waals surface area contributed by atoms with Gasteiger partial charge in [-0.1, -0.05) is 13.8 Å². The van der Waals surface area contributed by atoms with E-state index < -0.39 is 12.0 Å². The van der Waals surface area contributed by atoms with Gasteiger partial charge in [-0.15, -0.1) is 0 Å². The van der Waals surface area contributed by atoms with Crippen LogP contribution in [0.25, 0.3) is 0 Å². The summed E-state index contributed by atoms with van der Waals surface area (Å²) < 4.78 is 26.7. The molecule has 0 aliphatic carbocycles. The maximum atomic E-state index is 13.3. The van der Waals surface area contributed by atoms with Gasteiger partial charge in [-0.25, -0.2) is 8.78 Å². The van der Waals surface area contributed by atoms with Crippen LogP contribution in [0.5, 0.6) is 0 Å². The van der Waals surface area contributed by atoms with E-state index in [1.54, 1.807) is 0 Å². The number of nitrogens with two attached hydrogens (primary N) is 1. The van der Waals surface area contributed by atoms with E-state index in [-0.39, 0.29) is 18.4 Å². The standard InChI is InChI=1S/C9H18F2N2/c1-6(2)8-9(10,11)4-3-7(5-12)13-8/h6-8,13H,3-5,12H2,1-2H3. The van der Waals surface area contributed by atoms with Gasteiger partial charge >= 0.3 is 0 Å². The first-order chi connectivity index (χ1) is 5.97. The van der Waals surface area contributed by atoms with E-state index in [1.807, 2.05) is 13.8 Å². The monoisotopic (exact) mass is 192 g/mol. The van der Waals surface area contributed by atoms with Crippen LogP contribution in [0, 0.1) is 5.92 Å². The highest BCUT2D eigenvalue weighted by molar-refractivity contribution is 4.94. The molecule has 4 heteroatoms. The van der Waals surface area contributed by atoms with Gasteiger partial charge in [-0.2, -0.15) is 0 Å². The Kier molecular flexibility index (Phi) is 3.24. The van der Waals surface area contributed by atoms with Crippen molar-refractivity contribution in [3.63, 3.8) is 0 Å². The fourth-order valence-electron chi connectivity index (χ4n) is 1.85. The Hall–Kier alpha value is -0.220. The summed E-state index contributed by atoms with van der Waals surface area (Å²) in [5, 5.41) is 2.92. The predicted molar refractivity (Wildman–Crippen MR) is 48.8 cm³/mol. The van der Waals surface area contributed by atoms with E-state index >= 15 is 0 Å². The summed E-state index contributed by atoms with van der Waals surface area (Å²) in [6, 6.07) is -0.651. The minimum atomic E-state index is -2.57. The van der Waals surface area contributed by atoms with Gasteiger partial charge in [0.1, 0.15) is 0 Å². The molecule has 0 radical (unpaired) electrons. The molecule has 13 heavy (non-hydrogen) atoms. The summed E-state index contributed by atoms with van der Waals surface area (Å²) in [4.78, 5) is 0. The van der Waals surface area contributed by atoms with Crippen LogP contribution in [0.4, 0.5) is 8.78 Å². The first-order valence-electron chi connectivity index (χ1n) is 4.81. The highest BCUT2D eigenvalue weighted by atomic mass is 19.3. The fraction of sp³-hybridized carbons (Fsp3) is 1.00. The Labute approximate surface area is 77.9 Å². The van der Waals surface area contributed by atoms with E-state index in [4.69, 9.17) is 5.73 Å². The zero-order valence-electron chi connectivity index (χ0n) is 8.19. The van der Waals surface area contributed by atoms with E-state index in [0.29, 0.717) is 13.0 Å². The molecule has 1 aliphatic heterocycles. The van der Waals surface area contributed by atoms with Crippen LogP contribution >= 0.6 is 0 Å². The van der Waals surface area contributed by atoms with Gasteiger partial charge < -0.3 is 11.1 Å². The Morgan fingerprint density at radius 1 is 1.54 bits per heavy atom. The second kappa shape index (κ2) is 3.88. The van der Waals surface area contributed by atoms with Crippen molar-refractivity contribution in [2.24, 2.45) is 11.7 Å². The highest BCUT2D eigenvalue weighted by Crippen LogP contribution is 2.33. The summed E-state index contributed by atoms with van der Waals surface area (Å²) in [7, 11) is 0. The maximum Gasteiger partial charge on any atom is 0.263 e. The molecule has 0 spiro atoms. The van der Waals surface area contributed by atoms with Crippen molar-refractivity contribution in [1.29, 1.82) is 0 Å². The third kappa shape index (κ3) is 2.38. The Morgan fingerprint density at radius 2 is 2.15 bits per heavy atom. The number of rotatable bonds is 2. The molecule has 0 bridgehead atoms. The molecule has 1 aliphatic rings. The smallest absolute Gasteiger partial charge is 0.263 e. The van der Waals surface area contributed by atoms with Crippen LogP contribution in [0.1, 0.15) is 26.7 Å². The molecule has 0 amide bonds. The Balaban J connectivity index is 2.64. The van der Waals surface area contributed by atoms with Gasteiger partial charge in [0.05, 0.1) is 6.04 Å². The van der Waals surface area contributed by atoms with Crippen LogP contribution in [0.2, 0.25) is 0 Å². The van der Waals surface area contributed by atoms with Crippen LogP contribution in [0.3, 0.4) is 0 Å². The molecule has 0 aromatic rings. The Bertz CT molecular complexity index is 171. The lowest BCUT2D eigenvalue weighted by Gasteiger charge is -2.39. The lowest BCUT2D eigenvalue weighted by molar-refractivity contribution is -0.0828. The summed E-state index contributed by atoms with van der Waals surface area (Å²) in [5.74, 6) is -2.62. The molecule has 1 heterocycles. The lowest BCUT2D eigenvalue weighted by Crippen LogP contribution is -2.58. The average Bonchev–Trinajstić information content (AvgIpc) is 2.03. The Morgan fingerprint density at radius 3 is 2.62 bits per heavy atom. The summed E-state index contributed by atoms with van der Waals surface area (Å²) in [5.41, 5.74) is 5.45. The summed E-state index contributed by atoms with van der Waals surface area (Å²) >= 11 is 0. The van der Waals surface area contributed by atoms with E-state index in [2.05, 4.69) is 5.32 Å². The molecular formula is C9H18F2N2. The summed E-state index contributed by atoms with van der Waals surface area (Å²) in [6.07, 6.45) is 0.442. The zero-order chi connectivity index (χ0) is 10.1. The first-order valence-corrected chi connectivity index (χ1v) is 4.81. The van der Waals surface area contributed by atoms with Gasteiger partial charge in [-0.3, -0.25) is 0 Å². The number of nitrogens with one attached hydrogen (secondary N) is 1. The zero-order valence-corrected chi connectivity index (χ0v) is 8.19. The number of alkyl halides is 2. The molecule has 78 valence electrons. The van der Waals surface area contributed by atoms with Crippen LogP contribution in [-0.4, -0.2) is 24.6 Å². The van der Waals surface area contributed by atoms with Gasteiger partial charge in [0.2, 0.25) is 0 Å². The third-order valence-electron chi connectivity index (χ3n) is 2.65. The first kappa shape index (κ1) is 10.9. The molecule has 3 N–H and O–H groups in total. The van der Waals surface area contributed by atoms with Crippen LogP contribution in [-0.2, 0) is 0 Å². The number of piperidine rings is 1. The number of halogens is 2. The molecule has 0 aromatic heterocycles. The third-order valence-corrected chi connectivity index (χ3v) is 2.65. The van der Waals surface area contributed by atoms with Crippen molar-refractivity contribution < 1.29 is 8.78 Å². The SMILES string of the molecule is CC(C)C1NC(CN)CCC1(F)F. The van der Waals surface area contributed by atoms with Gasteiger partial charge in [0.15, 0.2) is 0 Å². The quantitative estimate of drug-likeness (QED) is 0.693. The molecule has 1 rings (SSSR count). The topological polar surface area (TPSA) is 38.0 Å². The minimum absolute atomic E-state index is 0.0370. The van der Waals surface area contributed by atoms with Gasteiger partial charge in [0, 0.05) is 19.0 Å². The molecule has 0 aromatic carbocycles. The maximum absolute atomic E-state index is 13.3. The fourth-order valence-corrected chi connectivity index (χ4v) is 1.85. The highest BCUT2D eigenvalue weighted by Gasteiger charge is 2.45. The van der Waals surface area contributed by atoms with Crippen molar-refractivity contribution in [2.75, 3.05) is 6.54 Å². The molecule has 2 atom stereocenters. The molecular weight excluding hydrogens is 174 g/mol. The molecule has 1 fully saturated rings. The van der Waals surface area contributed by atoms with Gasteiger partial charge in [-0.05, 0) is 12.3 Å².